The van der Waals surface area contributed by atoms with Gasteiger partial charge in [0.15, 0.2) is 5.82 Å². The number of halogens is 1. The van der Waals surface area contributed by atoms with E-state index in [1.54, 1.807) is 4.68 Å². The van der Waals surface area contributed by atoms with Crippen molar-refractivity contribution < 1.29 is 4.79 Å². The quantitative estimate of drug-likeness (QED) is 0.797. The highest BCUT2D eigenvalue weighted by Crippen LogP contribution is 2.28. The van der Waals surface area contributed by atoms with Gasteiger partial charge >= 0.3 is 0 Å². The number of benzene rings is 1. The highest BCUT2D eigenvalue weighted by Gasteiger charge is 2.33. The van der Waals surface area contributed by atoms with Crippen LogP contribution in [-0.4, -0.2) is 32.7 Å². The van der Waals surface area contributed by atoms with Crippen molar-refractivity contribution in [3.8, 4) is 11.4 Å². The SMILES string of the molecule is CCn1nnnc1-c1cccc(NC(=O)C(CC)(CC)CN)c1.Cl. The standard InChI is InChI=1S/C16H24N6O.ClH/c1-4-16(5-2,11-17)15(23)18-13-9-7-8-12(10-13)14-19-20-21-22(14)6-3;/h7-10H,4-6,11,17H2,1-3H3,(H,18,23);1H. The van der Waals surface area contributed by atoms with Crippen LogP contribution < -0.4 is 11.1 Å². The molecule has 7 nitrogen and oxygen atoms in total. The number of carbonyl (C=O) groups excluding carboxylic acids is 1. The number of rotatable bonds is 7. The first-order valence-electron chi connectivity index (χ1n) is 7.98. The van der Waals surface area contributed by atoms with Crippen molar-refractivity contribution in [2.75, 3.05) is 11.9 Å². The summed E-state index contributed by atoms with van der Waals surface area (Å²) in [7, 11) is 0. The van der Waals surface area contributed by atoms with E-state index in [0.29, 0.717) is 31.8 Å². The van der Waals surface area contributed by atoms with Gasteiger partial charge in [-0.1, -0.05) is 26.0 Å². The van der Waals surface area contributed by atoms with Crippen LogP contribution in [0.5, 0.6) is 0 Å². The maximum atomic E-state index is 12.6. The molecule has 24 heavy (non-hydrogen) atoms. The number of anilines is 1. The number of hydrogen-bond donors (Lipinski definition) is 2. The van der Waals surface area contributed by atoms with Gasteiger partial charge in [0.25, 0.3) is 0 Å². The number of aromatic nitrogens is 4. The fourth-order valence-electron chi connectivity index (χ4n) is 2.58. The van der Waals surface area contributed by atoms with Crippen LogP contribution in [0.1, 0.15) is 33.6 Å². The van der Waals surface area contributed by atoms with E-state index in [2.05, 4.69) is 20.8 Å². The monoisotopic (exact) mass is 352 g/mol. The van der Waals surface area contributed by atoms with Crippen LogP contribution in [0.4, 0.5) is 5.69 Å². The molecule has 0 bridgehead atoms. The Bertz CT molecular complexity index is 660. The van der Waals surface area contributed by atoms with E-state index < -0.39 is 5.41 Å². The number of nitrogens with one attached hydrogen (secondary N) is 1. The average molecular weight is 353 g/mol. The zero-order chi connectivity index (χ0) is 16.9. The second-order valence-corrected chi connectivity index (χ2v) is 5.54. The van der Waals surface area contributed by atoms with Crippen molar-refractivity contribution >= 4 is 24.0 Å². The van der Waals surface area contributed by atoms with Crippen molar-refractivity contribution in [3.05, 3.63) is 24.3 Å². The normalized spacial score (nSPS) is 11.0. The van der Waals surface area contributed by atoms with E-state index in [1.807, 2.05) is 45.0 Å². The maximum Gasteiger partial charge on any atom is 0.231 e. The topological polar surface area (TPSA) is 98.7 Å². The van der Waals surface area contributed by atoms with Crippen molar-refractivity contribution in [2.45, 2.75) is 40.2 Å². The van der Waals surface area contributed by atoms with Crippen molar-refractivity contribution in [1.29, 1.82) is 0 Å². The lowest BCUT2D eigenvalue weighted by molar-refractivity contribution is -0.125. The zero-order valence-corrected chi connectivity index (χ0v) is 15.1. The number of nitrogens with two attached hydrogens (primary N) is 1. The summed E-state index contributed by atoms with van der Waals surface area (Å²) in [6, 6.07) is 7.53. The van der Waals surface area contributed by atoms with Gasteiger partial charge in [0.05, 0.1) is 5.41 Å². The van der Waals surface area contributed by atoms with Crippen LogP contribution in [0.15, 0.2) is 24.3 Å². The zero-order valence-electron chi connectivity index (χ0n) is 14.3. The lowest BCUT2D eigenvalue weighted by atomic mass is 9.81. The van der Waals surface area contributed by atoms with E-state index in [4.69, 9.17) is 5.73 Å². The molecule has 0 aliphatic heterocycles. The molecule has 0 spiro atoms. The summed E-state index contributed by atoms with van der Waals surface area (Å²) in [6.07, 6.45) is 1.42. The molecule has 3 N–H and O–H groups in total. The minimum absolute atomic E-state index is 0. The van der Waals surface area contributed by atoms with Gasteiger partial charge < -0.3 is 11.1 Å². The molecule has 0 fully saturated rings. The summed E-state index contributed by atoms with van der Waals surface area (Å²) in [5, 5.41) is 14.7. The molecular weight excluding hydrogens is 328 g/mol. The summed E-state index contributed by atoms with van der Waals surface area (Å²) >= 11 is 0. The number of carbonyl (C=O) groups is 1. The van der Waals surface area contributed by atoms with E-state index >= 15 is 0 Å². The van der Waals surface area contributed by atoms with Crippen LogP contribution in [-0.2, 0) is 11.3 Å². The fourth-order valence-corrected chi connectivity index (χ4v) is 2.58. The highest BCUT2D eigenvalue weighted by atomic mass is 35.5. The van der Waals surface area contributed by atoms with E-state index in [1.165, 1.54) is 0 Å². The Morgan fingerprint density at radius 3 is 2.58 bits per heavy atom. The highest BCUT2D eigenvalue weighted by molar-refractivity contribution is 5.95. The molecule has 1 amide bonds. The van der Waals surface area contributed by atoms with Gasteiger partial charge in [-0.2, -0.15) is 0 Å². The summed E-state index contributed by atoms with van der Waals surface area (Å²) in [5.41, 5.74) is 6.89. The van der Waals surface area contributed by atoms with Gasteiger partial charge in [-0.3, -0.25) is 4.79 Å². The molecule has 0 aliphatic rings. The Balaban J connectivity index is 0.00000288. The minimum Gasteiger partial charge on any atom is -0.329 e. The summed E-state index contributed by atoms with van der Waals surface area (Å²) < 4.78 is 1.71. The first-order chi connectivity index (χ1) is 11.1. The lowest BCUT2D eigenvalue weighted by Crippen LogP contribution is -2.41. The molecule has 0 saturated heterocycles. The molecule has 0 aliphatic carbocycles. The second kappa shape index (κ2) is 8.75. The summed E-state index contributed by atoms with van der Waals surface area (Å²) in [4.78, 5) is 12.6. The molecule has 2 rings (SSSR count). The van der Waals surface area contributed by atoms with Gasteiger partial charge in [0.2, 0.25) is 5.91 Å². The number of aryl methyl sites for hydroxylation is 1. The molecular formula is C16H25ClN6O. The van der Waals surface area contributed by atoms with Crippen LogP contribution in [0.2, 0.25) is 0 Å². The Morgan fingerprint density at radius 1 is 1.29 bits per heavy atom. The molecule has 8 heteroatoms. The predicted octanol–water partition coefficient (Wildman–Crippen LogP) is 2.49. The maximum absolute atomic E-state index is 12.6. The Labute approximate surface area is 148 Å². The van der Waals surface area contributed by atoms with Crippen LogP contribution in [0.3, 0.4) is 0 Å². The predicted molar refractivity (Wildman–Crippen MR) is 96.9 cm³/mol. The van der Waals surface area contributed by atoms with Crippen LogP contribution in [0.25, 0.3) is 11.4 Å². The first-order valence-corrected chi connectivity index (χ1v) is 7.98. The fraction of sp³-hybridized carbons (Fsp3) is 0.500. The van der Waals surface area contributed by atoms with Crippen molar-refractivity contribution in [3.63, 3.8) is 0 Å². The molecule has 1 heterocycles. The lowest BCUT2D eigenvalue weighted by Gasteiger charge is -2.28. The summed E-state index contributed by atoms with van der Waals surface area (Å²) in [5.74, 6) is 0.636. The van der Waals surface area contributed by atoms with Crippen LogP contribution >= 0.6 is 12.4 Å². The van der Waals surface area contributed by atoms with E-state index in [9.17, 15) is 4.79 Å². The van der Waals surface area contributed by atoms with E-state index in [-0.39, 0.29) is 18.3 Å². The van der Waals surface area contributed by atoms with Gasteiger partial charge in [0.1, 0.15) is 0 Å². The molecule has 0 radical (unpaired) electrons. The Kier molecular flexibility index (Phi) is 7.31. The van der Waals surface area contributed by atoms with Gasteiger partial charge in [-0.15, -0.1) is 17.5 Å². The number of tetrazole rings is 1. The van der Waals surface area contributed by atoms with Crippen molar-refractivity contribution in [1.82, 2.24) is 20.2 Å². The molecule has 132 valence electrons. The molecule has 1 aromatic carbocycles. The third kappa shape index (κ3) is 3.91. The van der Waals surface area contributed by atoms with E-state index in [0.717, 1.165) is 11.3 Å². The van der Waals surface area contributed by atoms with Gasteiger partial charge in [0, 0.05) is 24.3 Å². The second-order valence-electron chi connectivity index (χ2n) is 5.54. The number of amides is 1. The molecule has 2 aromatic rings. The smallest absolute Gasteiger partial charge is 0.231 e. The third-order valence-corrected chi connectivity index (χ3v) is 4.44. The number of nitrogens with zero attached hydrogens (tertiary/aromatic N) is 4. The minimum atomic E-state index is -0.527. The Morgan fingerprint density at radius 2 is 2.00 bits per heavy atom. The first kappa shape index (κ1) is 20.1. The summed E-state index contributed by atoms with van der Waals surface area (Å²) in [6.45, 7) is 6.97. The van der Waals surface area contributed by atoms with Gasteiger partial charge in [-0.25, -0.2) is 4.68 Å². The third-order valence-electron chi connectivity index (χ3n) is 4.44. The van der Waals surface area contributed by atoms with Crippen molar-refractivity contribution in [2.24, 2.45) is 11.1 Å². The van der Waals surface area contributed by atoms with Gasteiger partial charge in [-0.05, 0) is 42.3 Å². The molecule has 0 atom stereocenters. The largest absolute Gasteiger partial charge is 0.329 e. The molecule has 0 saturated carbocycles. The number of hydrogen-bond acceptors (Lipinski definition) is 5. The Hall–Kier alpha value is -1.99. The molecule has 0 unspecified atom stereocenters. The average Bonchev–Trinajstić information content (AvgIpc) is 3.06. The molecule has 1 aromatic heterocycles. The van der Waals surface area contributed by atoms with Crippen LogP contribution in [0, 0.1) is 5.41 Å².